The number of hydrogen-bond acceptors (Lipinski definition) is 5. The van der Waals surface area contributed by atoms with Crippen LogP contribution in [0.1, 0.15) is 37.7 Å². The van der Waals surface area contributed by atoms with Gasteiger partial charge in [-0.3, -0.25) is 4.79 Å². The summed E-state index contributed by atoms with van der Waals surface area (Å²) in [6.45, 7) is 0.533. The Bertz CT molecular complexity index is 1110. The third-order valence-corrected chi connectivity index (χ3v) is 7.55. The second kappa shape index (κ2) is 10.9. The molecule has 186 valence electrons. The smallest absolute Gasteiger partial charge is 0.298 e. The molecule has 0 saturated heterocycles. The van der Waals surface area contributed by atoms with Crippen LogP contribution < -0.4 is 19.9 Å². The van der Waals surface area contributed by atoms with Gasteiger partial charge in [0.1, 0.15) is 11.5 Å². The monoisotopic (exact) mass is 516 g/mol. The topological polar surface area (TPSA) is 108 Å². The van der Waals surface area contributed by atoms with Gasteiger partial charge in [-0.05, 0) is 55.2 Å². The molecule has 2 aromatic carbocycles. The molecule has 0 radical (unpaired) electrons. The van der Waals surface area contributed by atoms with Crippen LogP contribution in [0.15, 0.2) is 47.4 Å². The van der Waals surface area contributed by atoms with E-state index in [4.69, 9.17) is 26.8 Å². The fourth-order valence-electron chi connectivity index (χ4n) is 3.85. The van der Waals surface area contributed by atoms with Crippen molar-refractivity contribution in [2.75, 3.05) is 13.7 Å². The molecule has 3 rings (SSSR count). The number of rotatable bonds is 10. The highest BCUT2D eigenvalue weighted by molar-refractivity contribution is 7.89. The number of benzene rings is 2. The zero-order valence-corrected chi connectivity index (χ0v) is 20.2. The number of nitrogens with one attached hydrogen (secondary N) is 1. The average molecular weight is 517 g/mol. The molecule has 1 amide bonds. The molecular weight excluding hydrogens is 490 g/mol. The van der Waals surface area contributed by atoms with Crippen molar-refractivity contribution in [1.82, 2.24) is 4.72 Å². The number of carbonyl (C=O) groups is 1. The fourth-order valence-corrected chi connectivity index (χ4v) is 5.25. The minimum Gasteiger partial charge on any atom is -0.495 e. The first kappa shape index (κ1) is 26.2. The molecule has 0 aliphatic heterocycles. The van der Waals surface area contributed by atoms with Crippen LogP contribution in [0.5, 0.6) is 11.5 Å². The molecule has 3 N–H and O–H groups in total. The molecule has 1 atom stereocenters. The van der Waals surface area contributed by atoms with Gasteiger partial charge in [-0.25, -0.2) is 8.42 Å². The van der Waals surface area contributed by atoms with Crippen molar-refractivity contribution in [3.8, 4) is 11.5 Å². The number of carbonyl (C=O) groups excluding carboxylic acids is 1. The Morgan fingerprint density at radius 2 is 1.82 bits per heavy atom. The second-order valence-corrected chi connectivity index (χ2v) is 10.3. The van der Waals surface area contributed by atoms with E-state index in [0.717, 1.165) is 31.0 Å². The van der Waals surface area contributed by atoms with Crippen LogP contribution in [0.3, 0.4) is 0 Å². The van der Waals surface area contributed by atoms with Crippen LogP contribution in [-0.4, -0.2) is 34.1 Å². The normalized spacial score (nSPS) is 16.1. The largest absolute Gasteiger partial charge is 0.495 e. The van der Waals surface area contributed by atoms with Gasteiger partial charge >= 0.3 is 0 Å². The van der Waals surface area contributed by atoms with E-state index < -0.39 is 33.5 Å². The van der Waals surface area contributed by atoms with E-state index in [0.29, 0.717) is 18.3 Å². The summed E-state index contributed by atoms with van der Waals surface area (Å²) < 4.78 is 68.3. The second-order valence-electron chi connectivity index (χ2n) is 8.22. The number of sulfonamides is 1. The molecule has 0 heterocycles. The molecule has 0 spiro atoms. The molecule has 0 bridgehead atoms. The SMILES string of the molecule is COc1cc(C(F)(F)[C@@H](NS(=O)(=O)c2ccc(OCC3CCCCC3)cc2)C(N)=O)ccc1Cl. The Morgan fingerprint density at radius 1 is 1.18 bits per heavy atom. The first-order chi connectivity index (χ1) is 16.0. The number of amides is 1. The molecule has 1 aliphatic carbocycles. The molecule has 2 aromatic rings. The Hall–Kier alpha value is -2.43. The van der Waals surface area contributed by atoms with Crippen molar-refractivity contribution in [3.05, 3.63) is 53.1 Å². The zero-order valence-electron chi connectivity index (χ0n) is 18.6. The molecule has 34 heavy (non-hydrogen) atoms. The maximum atomic E-state index is 15.2. The van der Waals surface area contributed by atoms with Crippen molar-refractivity contribution in [2.24, 2.45) is 11.7 Å². The van der Waals surface area contributed by atoms with E-state index in [-0.39, 0.29) is 15.7 Å². The van der Waals surface area contributed by atoms with Gasteiger partial charge in [-0.1, -0.05) is 36.9 Å². The van der Waals surface area contributed by atoms with Crippen LogP contribution in [-0.2, 0) is 20.7 Å². The van der Waals surface area contributed by atoms with E-state index in [1.54, 1.807) is 4.72 Å². The molecule has 7 nitrogen and oxygen atoms in total. The highest BCUT2D eigenvalue weighted by Crippen LogP contribution is 2.37. The van der Waals surface area contributed by atoms with Crippen molar-refractivity contribution in [1.29, 1.82) is 0 Å². The predicted molar refractivity (Wildman–Crippen MR) is 124 cm³/mol. The van der Waals surface area contributed by atoms with Crippen LogP contribution in [0.4, 0.5) is 8.78 Å². The standard InChI is InChI=1S/C23H27ClF2N2O5S/c1-32-20-13-16(7-12-19(20)24)23(25,26)21(22(27)29)28-34(30,31)18-10-8-17(9-11-18)33-14-15-5-3-2-4-6-15/h7-13,15,21,28H,2-6,14H2,1H3,(H2,27,29)/t21-/m0/s1. The molecule has 1 aliphatic rings. The fraction of sp³-hybridized carbons (Fsp3) is 0.435. The average Bonchev–Trinajstić information content (AvgIpc) is 2.82. The third kappa shape index (κ3) is 6.17. The van der Waals surface area contributed by atoms with E-state index in [1.807, 2.05) is 0 Å². The summed E-state index contributed by atoms with van der Waals surface area (Å²) in [5.41, 5.74) is 4.47. The Labute approximate surface area is 202 Å². The van der Waals surface area contributed by atoms with Crippen molar-refractivity contribution < 1.29 is 31.5 Å². The third-order valence-electron chi connectivity index (χ3n) is 5.80. The highest BCUT2D eigenvalue weighted by atomic mass is 35.5. The van der Waals surface area contributed by atoms with Gasteiger partial charge in [0.2, 0.25) is 15.9 Å². The maximum absolute atomic E-state index is 15.2. The minimum absolute atomic E-state index is 0.0614. The lowest BCUT2D eigenvalue weighted by molar-refractivity contribution is -0.130. The number of alkyl halides is 2. The maximum Gasteiger partial charge on any atom is 0.298 e. The van der Waals surface area contributed by atoms with E-state index in [2.05, 4.69) is 0 Å². The number of primary amides is 1. The van der Waals surface area contributed by atoms with Crippen molar-refractivity contribution >= 4 is 27.5 Å². The lowest BCUT2D eigenvalue weighted by Gasteiger charge is -2.26. The molecule has 1 saturated carbocycles. The molecule has 0 unspecified atom stereocenters. The van der Waals surface area contributed by atoms with E-state index in [1.165, 1.54) is 50.6 Å². The van der Waals surface area contributed by atoms with Crippen molar-refractivity contribution in [3.63, 3.8) is 0 Å². The van der Waals surface area contributed by atoms with Gasteiger partial charge in [0.15, 0.2) is 6.04 Å². The first-order valence-electron chi connectivity index (χ1n) is 10.8. The number of halogens is 3. The predicted octanol–water partition coefficient (Wildman–Crippen LogP) is 4.23. The summed E-state index contributed by atoms with van der Waals surface area (Å²) >= 11 is 5.87. The minimum atomic E-state index is -4.52. The summed E-state index contributed by atoms with van der Waals surface area (Å²) in [5, 5.41) is 0.0732. The van der Waals surface area contributed by atoms with Gasteiger partial charge in [0, 0.05) is 5.56 Å². The Kier molecular flexibility index (Phi) is 8.38. The van der Waals surface area contributed by atoms with E-state index in [9.17, 15) is 13.2 Å². The highest BCUT2D eigenvalue weighted by Gasteiger charge is 2.47. The molecular formula is C23H27ClF2N2O5S. The number of nitrogens with two attached hydrogens (primary N) is 1. The number of hydrogen-bond donors (Lipinski definition) is 2. The molecule has 11 heteroatoms. The summed E-state index contributed by atoms with van der Waals surface area (Å²) in [7, 11) is -3.28. The summed E-state index contributed by atoms with van der Waals surface area (Å²) in [6.07, 6.45) is 5.76. The van der Waals surface area contributed by atoms with Crippen LogP contribution in [0.2, 0.25) is 5.02 Å². The lowest BCUT2D eigenvalue weighted by Crippen LogP contribution is -2.53. The molecule has 0 aromatic heterocycles. The van der Waals surface area contributed by atoms with Crippen LogP contribution in [0.25, 0.3) is 0 Å². The van der Waals surface area contributed by atoms with Gasteiger partial charge < -0.3 is 15.2 Å². The van der Waals surface area contributed by atoms with Crippen LogP contribution >= 0.6 is 11.6 Å². The van der Waals surface area contributed by atoms with E-state index >= 15 is 8.78 Å². The summed E-state index contributed by atoms with van der Waals surface area (Å²) in [6, 6.07) is 5.82. The zero-order chi connectivity index (χ0) is 24.9. The van der Waals surface area contributed by atoms with Gasteiger partial charge in [0.25, 0.3) is 5.92 Å². The van der Waals surface area contributed by atoms with Crippen molar-refractivity contribution in [2.45, 2.75) is 49.0 Å². The molecule has 1 fully saturated rings. The Morgan fingerprint density at radius 3 is 2.41 bits per heavy atom. The van der Waals surface area contributed by atoms with Crippen LogP contribution in [0, 0.1) is 5.92 Å². The summed E-state index contributed by atoms with van der Waals surface area (Å²) in [5.74, 6) is -4.66. The Balaban J connectivity index is 1.76. The lowest BCUT2D eigenvalue weighted by atomic mass is 9.90. The van der Waals surface area contributed by atoms with Gasteiger partial charge in [-0.15, -0.1) is 0 Å². The number of methoxy groups -OCH3 is 1. The quantitative estimate of drug-likeness (QED) is 0.491. The first-order valence-corrected chi connectivity index (χ1v) is 12.7. The van der Waals surface area contributed by atoms with Gasteiger partial charge in [0.05, 0.1) is 23.6 Å². The van der Waals surface area contributed by atoms with Gasteiger partial charge in [-0.2, -0.15) is 13.5 Å². The summed E-state index contributed by atoms with van der Waals surface area (Å²) in [4.78, 5) is 11.6. The number of ether oxygens (including phenoxy) is 2.